The highest BCUT2D eigenvalue weighted by atomic mass is 16.5. The van der Waals surface area contributed by atoms with E-state index in [1.165, 1.54) is 16.8 Å². The number of aryl methyl sites for hydroxylation is 1. The molecule has 0 radical (unpaired) electrons. The van der Waals surface area contributed by atoms with Crippen molar-refractivity contribution in [1.82, 2.24) is 14.9 Å². The summed E-state index contributed by atoms with van der Waals surface area (Å²) in [7, 11) is 0. The first-order chi connectivity index (χ1) is 13.5. The maximum Gasteiger partial charge on any atom is 0.328 e. The Balaban J connectivity index is 1.57. The number of nitrogens with zero attached hydrogens (tertiary/aromatic N) is 2. The molecule has 0 aliphatic carbocycles. The first-order valence-electron chi connectivity index (χ1n) is 8.89. The molecule has 3 rings (SSSR count). The van der Waals surface area contributed by atoms with Crippen molar-refractivity contribution in [1.29, 1.82) is 5.26 Å². The van der Waals surface area contributed by atoms with Crippen LogP contribution in [-0.4, -0.2) is 40.8 Å². The molecule has 2 aromatic rings. The predicted octanol–water partition coefficient (Wildman–Crippen LogP) is 0.151. The molecule has 9 heteroatoms. The quantitative estimate of drug-likeness (QED) is 0.730. The third kappa shape index (κ3) is 5.08. The minimum Gasteiger partial charge on any atom is -0.486 e. The van der Waals surface area contributed by atoms with Crippen molar-refractivity contribution in [3.05, 3.63) is 62.9 Å². The number of benzene rings is 1. The summed E-state index contributed by atoms with van der Waals surface area (Å²) in [6.07, 6.45) is 1.69. The van der Waals surface area contributed by atoms with Gasteiger partial charge in [-0.1, -0.05) is 0 Å². The van der Waals surface area contributed by atoms with Crippen LogP contribution in [0.3, 0.4) is 0 Å². The summed E-state index contributed by atoms with van der Waals surface area (Å²) in [5, 5.41) is 11.8. The molecule has 1 fully saturated rings. The maximum atomic E-state index is 12.3. The van der Waals surface area contributed by atoms with Crippen LogP contribution in [0, 0.1) is 11.3 Å². The third-order valence-electron chi connectivity index (χ3n) is 4.40. The van der Waals surface area contributed by atoms with E-state index in [4.69, 9.17) is 14.7 Å². The molecule has 2 atom stereocenters. The Morgan fingerprint density at radius 3 is 2.82 bits per heavy atom. The van der Waals surface area contributed by atoms with Gasteiger partial charge in [-0.05, 0) is 30.7 Å². The lowest BCUT2D eigenvalue weighted by molar-refractivity contribution is -0.124. The number of carbonyl (C=O) groups is 1. The zero-order valence-corrected chi connectivity index (χ0v) is 15.1. The molecule has 1 aromatic carbocycles. The molecule has 0 bridgehead atoms. The Morgan fingerprint density at radius 1 is 1.32 bits per heavy atom. The molecule has 2 N–H and O–H groups in total. The molecule has 1 aliphatic heterocycles. The number of H-pyrrole nitrogens is 1. The molecule has 9 nitrogen and oxygen atoms in total. The molecule has 1 saturated heterocycles. The number of amides is 1. The van der Waals surface area contributed by atoms with Crippen LogP contribution in [0.2, 0.25) is 0 Å². The van der Waals surface area contributed by atoms with E-state index in [1.807, 2.05) is 6.07 Å². The molecule has 0 spiro atoms. The lowest BCUT2D eigenvalue weighted by atomic mass is 10.1. The lowest BCUT2D eigenvalue weighted by Crippen LogP contribution is -2.51. The van der Waals surface area contributed by atoms with E-state index >= 15 is 0 Å². The first kappa shape index (κ1) is 19.4. The van der Waals surface area contributed by atoms with Gasteiger partial charge in [0.1, 0.15) is 11.9 Å². The standard InChI is InChI=1S/C19H20N4O5/c20-11-13-1-3-14(4-2-13)28-16-12-27-10-7-15(16)21-17(24)5-8-23-9-6-18(25)22-19(23)26/h1-4,6,9,15-16H,5,7-8,10,12H2,(H,21,24)(H,22,25,26)/t15-,16-/m1/s1. The van der Waals surface area contributed by atoms with E-state index < -0.39 is 11.2 Å². The van der Waals surface area contributed by atoms with E-state index in [1.54, 1.807) is 24.3 Å². The molecule has 28 heavy (non-hydrogen) atoms. The molecule has 0 unspecified atom stereocenters. The summed E-state index contributed by atoms with van der Waals surface area (Å²) in [4.78, 5) is 37.2. The highest BCUT2D eigenvalue weighted by molar-refractivity contribution is 5.76. The van der Waals surface area contributed by atoms with Gasteiger partial charge in [0, 0.05) is 31.8 Å². The maximum absolute atomic E-state index is 12.3. The van der Waals surface area contributed by atoms with Crippen LogP contribution in [-0.2, 0) is 16.1 Å². The van der Waals surface area contributed by atoms with Crippen LogP contribution >= 0.6 is 0 Å². The molecule has 2 heterocycles. The fraction of sp³-hybridized carbons (Fsp3) is 0.368. The summed E-state index contributed by atoms with van der Waals surface area (Å²) in [6, 6.07) is 9.78. The van der Waals surface area contributed by atoms with Crippen LogP contribution in [0.25, 0.3) is 0 Å². The average Bonchev–Trinajstić information content (AvgIpc) is 2.69. The van der Waals surface area contributed by atoms with E-state index in [-0.39, 0.29) is 31.0 Å². The predicted molar refractivity (Wildman–Crippen MR) is 98.9 cm³/mol. The van der Waals surface area contributed by atoms with Crippen molar-refractivity contribution >= 4 is 5.91 Å². The molecule has 1 amide bonds. The van der Waals surface area contributed by atoms with E-state index in [9.17, 15) is 14.4 Å². The van der Waals surface area contributed by atoms with Crippen LogP contribution < -0.4 is 21.3 Å². The number of carbonyl (C=O) groups excluding carboxylic acids is 1. The van der Waals surface area contributed by atoms with Gasteiger partial charge in [-0.25, -0.2) is 4.79 Å². The van der Waals surface area contributed by atoms with Gasteiger partial charge in [0.15, 0.2) is 0 Å². The van der Waals surface area contributed by atoms with Crippen molar-refractivity contribution in [3.8, 4) is 11.8 Å². The Hall–Kier alpha value is -3.38. The second-order valence-corrected chi connectivity index (χ2v) is 6.38. The van der Waals surface area contributed by atoms with Crippen molar-refractivity contribution in [2.45, 2.75) is 31.5 Å². The summed E-state index contributed by atoms with van der Waals surface area (Å²) in [5.41, 5.74) is -0.487. The molecular weight excluding hydrogens is 364 g/mol. The largest absolute Gasteiger partial charge is 0.486 e. The second-order valence-electron chi connectivity index (χ2n) is 6.38. The SMILES string of the molecule is N#Cc1ccc(O[C@@H]2COCC[C@H]2NC(=O)CCn2ccc(=O)[nH]c2=O)cc1. The van der Waals surface area contributed by atoms with E-state index in [0.29, 0.717) is 30.9 Å². The van der Waals surface area contributed by atoms with E-state index in [2.05, 4.69) is 10.3 Å². The van der Waals surface area contributed by atoms with Gasteiger partial charge in [-0.3, -0.25) is 14.6 Å². The van der Waals surface area contributed by atoms with Gasteiger partial charge in [-0.2, -0.15) is 5.26 Å². The van der Waals surface area contributed by atoms with Gasteiger partial charge in [0.25, 0.3) is 5.56 Å². The second kappa shape index (κ2) is 9.01. The van der Waals surface area contributed by atoms with Gasteiger partial charge in [0.05, 0.1) is 24.3 Å². The van der Waals surface area contributed by atoms with Crippen molar-refractivity contribution in [2.24, 2.45) is 0 Å². The number of hydrogen-bond donors (Lipinski definition) is 2. The van der Waals surface area contributed by atoms with Gasteiger partial charge < -0.3 is 19.4 Å². The van der Waals surface area contributed by atoms with Gasteiger partial charge >= 0.3 is 5.69 Å². The average molecular weight is 384 g/mol. The monoisotopic (exact) mass is 384 g/mol. The fourth-order valence-corrected chi connectivity index (χ4v) is 2.90. The summed E-state index contributed by atoms with van der Waals surface area (Å²) < 4.78 is 12.7. The first-order valence-corrected chi connectivity index (χ1v) is 8.89. The summed E-state index contributed by atoms with van der Waals surface area (Å²) in [6.45, 7) is 1.01. The number of nitrogens with one attached hydrogen (secondary N) is 2. The van der Waals surface area contributed by atoms with Crippen LogP contribution in [0.1, 0.15) is 18.4 Å². The van der Waals surface area contributed by atoms with Crippen LogP contribution in [0.4, 0.5) is 0 Å². The number of hydrogen-bond acceptors (Lipinski definition) is 6. The minimum absolute atomic E-state index is 0.0902. The highest BCUT2D eigenvalue weighted by Gasteiger charge is 2.28. The van der Waals surface area contributed by atoms with Crippen molar-refractivity contribution < 1.29 is 14.3 Å². The fourth-order valence-electron chi connectivity index (χ4n) is 2.90. The number of rotatable bonds is 6. The number of ether oxygens (including phenoxy) is 2. The Bertz CT molecular complexity index is 973. The third-order valence-corrected chi connectivity index (χ3v) is 4.40. The molecule has 0 saturated carbocycles. The Morgan fingerprint density at radius 2 is 2.11 bits per heavy atom. The Labute approximate surface area is 160 Å². The Kier molecular flexibility index (Phi) is 6.24. The van der Waals surface area contributed by atoms with Crippen LogP contribution in [0.15, 0.2) is 46.1 Å². The van der Waals surface area contributed by atoms with Crippen molar-refractivity contribution in [3.63, 3.8) is 0 Å². The smallest absolute Gasteiger partial charge is 0.328 e. The van der Waals surface area contributed by atoms with Crippen LogP contribution in [0.5, 0.6) is 5.75 Å². The lowest BCUT2D eigenvalue weighted by Gasteiger charge is -2.32. The van der Waals surface area contributed by atoms with E-state index in [0.717, 1.165) is 0 Å². The number of nitriles is 1. The molecule has 1 aromatic heterocycles. The van der Waals surface area contributed by atoms with Crippen molar-refractivity contribution in [2.75, 3.05) is 13.2 Å². The normalized spacial score (nSPS) is 18.8. The van der Waals surface area contributed by atoms with Gasteiger partial charge in [0.2, 0.25) is 5.91 Å². The molecular formula is C19H20N4O5. The minimum atomic E-state index is -0.548. The highest BCUT2D eigenvalue weighted by Crippen LogP contribution is 2.18. The summed E-state index contributed by atoms with van der Waals surface area (Å²) in [5.74, 6) is 0.368. The zero-order valence-electron chi connectivity index (χ0n) is 15.1. The zero-order chi connectivity index (χ0) is 19.9. The number of aromatic nitrogens is 2. The summed E-state index contributed by atoms with van der Waals surface area (Å²) >= 11 is 0. The van der Waals surface area contributed by atoms with Gasteiger partial charge in [-0.15, -0.1) is 0 Å². The topological polar surface area (TPSA) is 126 Å². The molecule has 1 aliphatic rings. The number of aromatic amines is 1. The molecule has 146 valence electrons.